The van der Waals surface area contributed by atoms with E-state index >= 15 is 0 Å². The monoisotopic (exact) mass is 280 g/mol. The van der Waals surface area contributed by atoms with Crippen molar-refractivity contribution >= 4 is 5.78 Å². The molecule has 1 heterocycles. The second-order valence-corrected chi connectivity index (χ2v) is 2.76. The van der Waals surface area contributed by atoms with Crippen LogP contribution < -0.4 is 28.9 Å². The number of carbonyl (C=O) groups excluding carboxylic acids is 1. The van der Waals surface area contributed by atoms with E-state index in [-0.39, 0.29) is 29.8 Å². The summed E-state index contributed by atoms with van der Waals surface area (Å²) in [5.74, 6) is 0.0861. The van der Waals surface area contributed by atoms with Gasteiger partial charge in [0.05, 0.1) is 13.2 Å². The molecule has 0 spiro atoms. The van der Waals surface area contributed by atoms with E-state index in [0.717, 1.165) is 6.67 Å². The van der Waals surface area contributed by atoms with Crippen LogP contribution in [0.2, 0.25) is 0 Å². The predicted molar refractivity (Wildman–Crippen MR) is 42.6 cm³/mol. The van der Waals surface area contributed by atoms with Gasteiger partial charge in [0.25, 0.3) is 0 Å². The van der Waals surface area contributed by atoms with Crippen LogP contribution in [0.4, 0.5) is 0 Å². The van der Waals surface area contributed by atoms with Crippen LogP contribution in [-0.2, 0) is 4.79 Å². The van der Waals surface area contributed by atoms with Crippen molar-refractivity contribution < 1.29 is 33.7 Å². The van der Waals surface area contributed by atoms with Crippen molar-refractivity contribution in [2.45, 2.75) is 6.92 Å². The minimum atomic E-state index is 0. The van der Waals surface area contributed by atoms with Crippen molar-refractivity contribution in [2.24, 2.45) is 0 Å². The molecule has 1 rings (SSSR count). The van der Waals surface area contributed by atoms with E-state index < -0.39 is 0 Å². The zero-order valence-electron chi connectivity index (χ0n) is 7.25. The maximum absolute atomic E-state index is 10.5. The van der Waals surface area contributed by atoms with Crippen LogP contribution in [0.1, 0.15) is 6.92 Å². The van der Waals surface area contributed by atoms with E-state index in [4.69, 9.17) is 0 Å². The molecule has 68 valence electrons. The Morgan fingerprint density at radius 3 is 2.75 bits per heavy atom. The quantitative estimate of drug-likeness (QED) is 0.417. The van der Waals surface area contributed by atoms with E-state index in [1.807, 2.05) is 17.3 Å². The molecule has 0 radical (unpaired) electrons. The molecule has 0 fully saturated rings. The van der Waals surface area contributed by atoms with Crippen molar-refractivity contribution in [3.63, 3.8) is 0 Å². The largest absolute Gasteiger partial charge is 1.00 e. The lowest BCUT2D eigenvalue weighted by Crippen LogP contribution is -3.03. The fraction of sp³-hybridized carbons (Fsp3) is 0.375. The van der Waals surface area contributed by atoms with Crippen molar-refractivity contribution in [1.29, 1.82) is 0 Å². The van der Waals surface area contributed by atoms with Crippen LogP contribution in [0, 0.1) is 0 Å². The molecule has 0 aromatic heterocycles. The molecule has 0 bridgehead atoms. The van der Waals surface area contributed by atoms with Gasteiger partial charge in [0.1, 0.15) is 6.20 Å². The van der Waals surface area contributed by atoms with E-state index in [1.165, 1.54) is 4.90 Å². The molecule has 1 unspecified atom stereocenters. The lowest BCUT2D eigenvalue weighted by Gasteiger charge is -2.07. The highest BCUT2D eigenvalue weighted by molar-refractivity contribution is 5.87. The molecule has 12 heavy (non-hydrogen) atoms. The van der Waals surface area contributed by atoms with Crippen molar-refractivity contribution in [3.8, 4) is 0 Å². The third-order valence-electron chi connectivity index (χ3n) is 1.48. The molecule has 4 heteroatoms. The second-order valence-electron chi connectivity index (χ2n) is 2.76. The van der Waals surface area contributed by atoms with E-state index in [1.54, 1.807) is 19.2 Å². The topological polar surface area (TPSA) is 24.8 Å². The third-order valence-corrected chi connectivity index (χ3v) is 1.48. The Morgan fingerprint density at radius 2 is 2.33 bits per heavy atom. The molecule has 3 nitrogen and oxygen atoms in total. The molecule has 1 N–H and O–H groups in total. The lowest BCUT2D eigenvalue weighted by molar-refractivity contribution is -0.825. The fourth-order valence-corrected chi connectivity index (χ4v) is 0.919. The van der Waals surface area contributed by atoms with Crippen LogP contribution in [0.15, 0.2) is 24.7 Å². The summed E-state index contributed by atoms with van der Waals surface area (Å²) in [6.07, 6.45) is 7.39. The van der Waals surface area contributed by atoms with Crippen LogP contribution in [0.25, 0.3) is 0 Å². The minimum absolute atomic E-state index is 0. The highest BCUT2D eigenvalue weighted by atomic mass is 127. The zero-order valence-corrected chi connectivity index (χ0v) is 9.41. The van der Waals surface area contributed by atoms with Crippen molar-refractivity contribution in [2.75, 3.05) is 13.7 Å². The molecule has 0 aliphatic carbocycles. The second kappa shape index (κ2) is 5.31. The first-order valence-electron chi connectivity index (χ1n) is 3.63. The van der Waals surface area contributed by atoms with E-state index in [2.05, 4.69) is 7.05 Å². The van der Waals surface area contributed by atoms with Gasteiger partial charge >= 0.3 is 0 Å². The molecule has 0 amide bonds. The summed E-state index contributed by atoms with van der Waals surface area (Å²) >= 11 is 0. The number of quaternary nitrogens is 1. The van der Waals surface area contributed by atoms with Crippen molar-refractivity contribution in [1.82, 2.24) is 4.90 Å². The van der Waals surface area contributed by atoms with Gasteiger partial charge in [-0.1, -0.05) is 0 Å². The van der Waals surface area contributed by atoms with Gasteiger partial charge in [-0.05, 0) is 13.0 Å². The van der Waals surface area contributed by atoms with E-state index in [0.29, 0.717) is 0 Å². The van der Waals surface area contributed by atoms with Crippen LogP contribution in [-0.4, -0.2) is 24.4 Å². The lowest BCUT2D eigenvalue weighted by atomic mass is 10.4. The summed E-state index contributed by atoms with van der Waals surface area (Å²) in [5, 5.41) is 0. The maximum atomic E-state index is 10.5. The van der Waals surface area contributed by atoms with Gasteiger partial charge in [-0.25, -0.2) is 0 Å². The Balaban J connectivity index is 0.00000121. The number of halogens is 1. The van der Waals surface area contributed by atoms with Gasteiger partial charge in [0.2, 0.25) is 0 Å². The van der Waals surface area contributed by atoms with Gasteiger partial charge in [0.15, 0.2) is 12.5 Å². The molecule has 1 aliphatic rings. The maximum Gasteiger partial charge on any atom is 0.160 e. The first-order valence-corrected chi connectivity index (χ1v) is 3.63. The number of allylic oxidation sites excluding steroid dienone is 1. The summed E-state index contributed by atoms with van der Waals surface area (Å²) in [6.45, 7) is 2.45. The van der Waals surface area contributed by atoms with Crippen LogP contribution in [0.5, 0.6) is 0 Å². The Morgan fingerprint density at radius 1 is 1.67 bits per heavy atom. The smallest absolute Gasteiger partial charge is 0.160 e. The first-order chi connectivity index (χ1) is 5.18. The molecule has 0 saturated heterocycles. The molecule has 0 saturated carbocycles. The third kappa shape index (κ3) is 3.87. The molecular weight excluding hydrogens is 267 g/mol. The normalized spacial score (nSPS) is 21.5. The predicted octanol–water partition coefficient (Wildman–Crippen LogP) is -3.65. The number of ketones is 1. The molecule has 1 atom stereocenters. The first kappa shape index (κ1) is 11.6. The molecule has 1 aliphatic heterocycles. The highest BCUT2D eigenvalue weighted by Gasteiger charge is 2.08. The van der Waals surface area contributed by atoms with Gasteiger partial charge in [-0.15, -0.1) is 0 Å². The fourth-order valence-electron chi connectivity index (χ4n) is 0.919. The molecular formula is C8H13IN2O. The van der Waals surface area contributed by atoms with Gasteiger partial charge in [-0.3, -0.25) is 9.69 Å². The van der Waals surface area contributed by atoms with Crippen LogP contribution >= 0.6 is 0 Å². The van der Waals surface area contributed by atoms with Crippen molar-refractivity contribution in [3.05, 3.63) is 24.7 Å². The summed E-state index contributed by atoms with van der Waals surface area (Å²) in [4.78, 5) is 13.8. The van der Waals surface area contributed by atoms with Gasteiger partial charge in [-0.2, -0.15) is 0 Å². The zero-order chi connectivity index (χ0) is 8.27. The highest BCUT2D eigenvalue weighted by Crippen LogP contribution is 1.90. The Kier molecular flexibility index (Phi) is 5.16. The summed E-state index contributed by atoms with van der Waals surface area (Å²) in [7, 11) is 2.07. The molecule has 0 aromatic carbocycles. The summed E-state index contributed by atoms with van der Waals surface area (Å²) < 4.78 is 0. The summed E-state index contributed by atoms with van der Waals surface area (Å²) in [5.41, 5.74) is 0. The summed E-state index contributed by atoms with van der Waals surface area (Å²) in [6, 6.07) is 0. The number of hydrogen-bond donors (Lipinski definition) is 1. The standard InChI is InChI=1S/C8H12N2O.HI/c1-8(11)3-4-10-6-5-9(2)7-10;/h3-6H,7H2,1-2H3;1H. The van der Waals surface area contributed by atoms with Crippen LogP contribution in [0.3, 0.4) is 0 Å². The van der Waals surface area contributed by atoms with E-state index in [9.17, 15) is 4.79 Å². The SMILES string of the molecule is CC(=O)C=CN1C=C[NH+](C)C1.[I-]. The van der Waals surface area contributed by atoms with Gasteiger partial charge < -0.3 is 28.9 Å². The Labute approximate surface area is 89.7 Å². The molecule has 0 aromatic rings. The van der Waals surface area contributed by atoms with Gasteiger partial charge in [0, 0.05) is 6.20 Å². The number of carbonyl (C=O) groups is 1. The number of nitrogens with zero attached hydrogens (tertiary/aromatic N) is 1. The number of hydrogen-bond acceptors (Lipinski definition) is 2. The average molecular weight is 280 g/mol. The average Bonchev–Trinajstić information content (AvgIpc) is 2.31. The Hall–Kier alpha value is -0.360. The Bertz CT molecular complexity index is 213. The number of rotatable bonds is 2. The minimum Gasteiger partial charge on any atom is -1.00 e. The number of nitrogens with one attached hydrogen (secondary N) is 1.